The Balaban J connectivity index is 2.47. The summed E-state index contributed by atoms with van der Waals surface area (Å²) in [6.07, 6.45) is 0. The molecule has 1 amide bonds. The Bertz CT molecular complexity index is 468. The SMILES string of the molecule is C=C1C(=O)NN(c2ccccc2F)C1(C)C. The smallest absolute Gasteiger partial charge is 0.267 e. The Morgan fingerprint density at radius 2 is 2.00 bits per heavy atom. The number of carbonyl (C=O) groups is 1. The van der Waals surface area contributed by atoms with Crippen LogP contribution in [-0.4, -0.2) is 11.4 Å². The number of rotatable bonds is 1. The molecule has 0 aromatic heterocycles. The van der Waals surface area contributed by atoms with Gasteiger partial charge in [-0.1, -0.05) is 18.7 Å². The summed E-state index contributed by atoms with van der Waals surface area (Å²) in [6.45, 7) is 7.36. The number of benzene rings is 1. The maximum atomic E-state index is 13.6. The topological polar surface area (TPSA) is 32.3 Å². The third kappa shape index (κ3) is 1.38. The van der Waals surface area contributed by atoms with Crippen LogP contribution in [0.3, 0.4) is 0 Å². The van der Waals surface area contributed by atoms with Gasteiger partial charge in [-0.25, -0.2) is 4.39 Å². The fraction of sp³-hybridized carbons (Fsp3) is 0.250. The van der Waals surface area contributed by atoms with E-state index in [0.29, 0.717) is 11.3 Å². The highest BCUT2D eigenvalue weighted by atomic mass is 19.1. The average molecular weight is 220 g/mol. The zero-order valence-corrected chi connectivity index (χ0v) is 9.25. The molecule has 1 fully saturated rings. The number of para-hydroxylation sites is 1. The highest BCUT2D eigenvalue weighted by Gasteiger charge is 2.42. The Morgan fingerprint density at radius 3 is 2.50 bits per heavy atom. The quantitative estimate of drug-likeness (QED) is 0.734. The van der Waals surface area contributed by atoms with Crippen molar-refractivity contribution >= 4 is 11.6 Å². The van der Waals surface area contributed by atoms with Crippen molar-refractivity contribution in [1.82, 2.24) is 5.43 Å². The molecule has 3 nitrogen and oxygen atoms in total. The van der Waals surface area contributed by atoms with Crippen LogP contribution in [0.2, 0.25) is 0 Å². The van der Waals surface area contributed by atoms with E-state index >= 15 is 0 Å². The molecule has 1 aliphatic rings. The van der Waals surface area contributed by atoms with Gasteiger partial charge in [0.1, 0.15) is 5.82 Å². The van der Waals surface area contributed by atoms with Gasteiger partial charge < -0.3 is 0 Å². The first-order valence-electron chi connectivity index (χ1n) is 4.99. The van der Waals surface area contributed by atoms with E-state index < -0.39 is 5.54 Å². The van der Waals surface area contributed by atoms with Crippen LogP contribution in [0.5, 0.6) is 0 Å². The molecule has 0 atom stereocenters. The van der Waals surface area contributed by atoms with Crippen molar-refractivity contribution < 1.29 is 9.18 Å². The van der Waals surface area contributed by atoms with Crippen molar-refractivity contribution in [3.63, 3.8) is 0 Å². The summed E-state index contributed by atoms with van der Waals surface area (Å²) in [5, 5.41) is 1.51. The Labute approximate surface area is 93.5 Å². The summed E-state index contributed by atoms with van der Waals surface area (Å²) < 4.78 is 13.6. The van der Waals surface area contributed by atoms with Gasteiger partial charge in [0, 0.05) is 5.57 Å². The monoisotopic (exact) mass is 220 g/mol. The first-order valence-corrected chi connectivity index (χ1v) is 4.99. The summed E-state index contributed by atoms with van der Waals surface area (Å²) in [4.78, 5) is 11.5. The number of anilines is 1. The molecule has 0 saturated carbocycles. The van der Waals surface area contributed by atoms with Crippen LogP contribution in [0.4, 0.5) is 10.1 Å². The minimum atomic E-state index is -0.626. The second-order valence-electron chi connectivity index (χ2n) is 4.27. The molecule has 1 heterocycles. The number of hydrogen-bond acceptors (Lipinski definition) is 2. The lowest BCUT2D eigenvalue weighted by Crippen LogP contribution is -2.45. The van der Waals surface area contributed by atoms with Crippen molar-refractivity contribution in [2.75, 3.05) is 5.01 Å². The van der Waals surface area contributed by atoms with E-state index in [2.05, 4.69) is 12.0 Å². The van der Waals surface area contributed by atoms with Gasteiger partial charge in [0.05, 0.1) is 11.2 Å². The standard InChI is InChI=1S/C12H13FN2O/c1-8-11(16)14-15(12(8,2)3)10-7-5-4-6-9(10)13/h4-7H,1H2,2-3H3,(H,14,16). The fourth-order valence-electron chi connectivity index (χ4n) is 1.72. The van der Waals surface area contributed by atoms with Crippen molar-refractivity contribution in [1.29, 1.82) is 0 Å². The van der Waals surface area contributed by atoms with Crippen molar-refractivity contribution in [3.05, 3.63) is 42.2 Å². The van der Waals surface area contributed by atoms with Crippen LogP contribution in [0.1, 0.15) is 13.8 Å². The molecule has 1 aliphatic heterocycles. The molecule has 1 aromatic rings. The summed E-state index contributed by atoms with van der Waals surface area (Å²) in [6, 6.07) is 6.31. The minimum absolute atomic E-state index is 0.270. The molecule has 16 heavy (non-hydrogen) atoms. The molecule has 84 valence electrons. The van der Waals surface area contributed by atoms with E-state index in [0.717, 1.165) is 0 Å². The molecule has 4 heteroatoms. The average Bonchev–Trinajstić information content (AvgIpc) is 2.43. The molecular formula is C12H13FN2O. The Morgan fingerprint density at radius 1 is 1.38 bits per heavy atom. The second-order valence-corrected chi connectivity index (χ2v) is 4.27. The fourth-order valence-corrected chi connectivity index (χ4v) is 1.72. The summed E-state index contributed by atoms with van der Waals surface area (Å²) in [7, 11) is 0. The number of hydrazine groups is 1. The lowest BCUT2D eigenvalue weighted by Gasteiger charge is -2.32. The molecule has 0 bridgehead atoms. The summed E-state index contributed by atoms with van der Waals surface area (Å²) in [5.74, 6) is -0.640. The molecule has 1 N–H and O–H groups in total. The Kier molecular flexibility index (Phi) is 2.22. The van der Waals surface area contributed by atoms with Gasteiger partial charge >= 0.3 is 0 Å². The van der Waals surface area contributed by atoms with Gasteiger partial charge in [-0.2, -0.15) is 0 Å². The lowest BCUT2D eigenvalue weighted by molar-refractivity contribution is -0.116. The van der Waals surface area contributed by atoms with Crippen molar-refractivity contribution in [3.8, 4) is 0 Å². The van der Waals surface area contributed by atoms with Crippen LogP contribution in [0.25, 0.3) is 0 Å². The summed E-state index contributed by atoms with van der Waals surface area (Å²) in [5.41, 5.74) is 2.75. The second kappa shape index (κ2) is 3.33. The van der Waals surface area contributed by atoms with Crippen molar-refractivity contribution in [2.24, 2.45) is 0 Å². The van der Waals surface area contributed by atoms with E-state index in [1.807, 2.05) is 13.8 Å². The number of carbonyl (C=O) groups excluding carboxylic acids is 1. The number of halogens is 1. The highest BCUT2D eigenvalue weighted by Crippen LogP contribution is 2.33. The summed E-state index contributed by atoms with van der Waals surface area (Å²) >= 11 is 0. The lowest BCUT2D eigenvalue weighted by atomic mass is 9.96. The highest BCUT2D eigenvalue weighted by molar-refractivity contribution is 6.00. The zero-order valence-electron chi connectivity index (χ0n) is 9.25. The molecule has 0 aliphatic carbocycles. The largest absolute Gasteiger partial charge is 0.272 e. The molecule has 0 spiro atoms. The van der Waals surface area contributed by atoms with Crippen LogP contribution in [0.15, 0.2) is 36.4 Å². The van der Waals surface area contributed by atoms with Gasteiger partial charge in [0.25, 0.3) is 5.91 Å². The molecular weight excluding hydrogens is 207 g/mol. The third-order valence-corrected chi connectivity index (χ3v) is 2.88. The number of amides is 1. The molecule has 1 saturated heterocycles. The van der Waals surface area contributed by atoms with E-state index in [1.165, 1.54) is 11.1 Å². The maximum absolute atomic E-state index is 13.6. The Hall–Kier alpha value is -1.84. The zero-order chi connectivity index (χ0) is 11.9. The van der Waals surface area contributed by atoms with E-state index in [-0.39, 0.29) is 11.7 Å². The molecule has 2 rings (SSSR count). The first-order chi connectivity index (χ1) is 7.44. The number of nitrogens with zero attached hydrogens (tertiary/aromatic N) is 1. The van der Waals surface area contributed by atoms with Crippen LogP contribution in [-0.2, 0) is 4.79 Å². The molecule has 1 aromatic carbocycles. The van der Waals surface area contributed by atoms with Gasteiger partial charge in [-0.05, 0) is 26.0 Å². The first kappa shape index (κ1) is 10.7. The predicted octanol–water partition coefficient (Wildman–Crippen LogP) is 2.01. The van der Waals surface area contributed by atoms with E-state index in [4.69, 9.17) is 0 Å². The third-order valence-electron chi connectivity index (χ3n) is 2.88. The van der Waals surface area contributed by atoms with Crippen molar-refractivity contribution in [2.45, 2.75) is 19.4 Å². The molecule has 0 unspecified atom stereocenters. The minimum Gasteiger partial charge on any atom is -0.272 e. The number of hydrogen-bond donors (Lipinski definition) is 1. The van der Waals surface area contributed by atoms with Crippen LogP contribution >= 0.6 is 0 Å². The van der Waals surface area contributed by atoms with Gasteiger partial charge in [-0.3, -0.25) is 15.2 Å². The predicted molar refractivity (Wildman–Crippen MR) is 60.2 cm³/mol. The molecule has 0 radical (unpaired) electrons. The van der Waals surface area contributed by atoms with Gasteiger partial charge in [0.2, 0.25) is 0 Å². The van der Waals surface area contributed by atoms with Crippen LogP contribution < -0.4 is 10.4 Å². The maximum Gasteiger partial charge on any atom is 0.267 e. The number of nitrogens with one attached hydrogen (secondary N) is 1. The van der Waals surface area contributed by atoms with E-state index in [1.54, 1.807) is 18.2 Å². The van der Waals surface area contributed by atoms with Gasteiger partial charge in [-0.15, -0.1) is 0 Å². The van der Waals surface area contributed by atoms with E-state index in [9.17, 15) is 9.18 Å². The van der Waals surface area contributed by atoms with Crippen LogP contribution in [0, 0.1) is 5.82 Å². The normalized spacial score (nSPS) is 18.8. The van der Waals surface area contributed by atoms with Gasteiger partial charge in [0.15, 0.2) is 0 Å².